The monoisotopic (exact) mass is 402 g/mol. The molecule has 1 N–H and O–H groups in total. The smallest absolute Gasteiger partial charge is 0.176 e. The van der Waals surface area contributed by atoms with Crippen molar-refractivity contribution in [2.75, 3.05) is 13.3 Å². The Hall–Kier alpha value is -2.95. The third-order valence-corrected chi connectivity index (χ3v) is 3.95. The van der Waals surface area contributed by atoms with Gasteiger partial charge in [-0.2, -0.15) is 0 Å². The summed E-state index contributed by atoms with van der Waals surface area (Å²) in [6.07, 6.45) is 1.96. The van der Waals surface area contributed by atoms with E-state index < -0.39 is 6.67 Å². The fourth-order valence-corrected chi connectivity index (χ4v) is 2.83. The summed E-state index contributed by atoms with van der Waals surface area (Å²) in [5.41, 5.74) is 3.30. The number of benzene rings is 2. The minimum absolute atomic E-state index is 0. The van der Waals surface area contributed by atoms with Gasteiger partial charge in [-0.05, 0) is 30.7 Å². The number of aliphatic hydroxyl groups excluding tert-OH is 1. The molecule has 29 heavy (non-hydrogen) atoms. The van der Waals surface area contributed by atoms with Gasteiger partial charge in [0.2, 0.25) is 0 Å². The van der Waals surface area contributed by atoms with Crippen molar-refractivity contribution < 1.29 is 23.4 Å². The Morgan fingerprint density at radius 2 is 1.83 bits per heavy atom. The van der Waals surface area contributed by atoms with E-state index in [0.29, 0.717) is 30.1 Å². The lowest BCUT2D eigenvalue weighted by molar-refractivity contribution is 0.273. The first-order valence-electron chi connectivity index (χ1n) is 9.35. The zero-order valence-corrected chi connectivity index (χ0v) is 16.6. The molecule has 0 saturated heterocycles. The van der Waals surface area contributed by atoms with Crippen LogP contribution in [0.3, 0.4) is 0 Å². The molecule has 2 aromatic carbocycles. The molecule has 0 bridgehead atoms. The minimum Gasteiger partial charge on any atom is -0.513 e. The quantitative estimate of drug-likeness (QED) is 0.414. The second kappa shape index (κ2) is 11.8. The Morgan fingerprint density at radius 3 is 2.52 bits per heavy atom. The van der Waals surface area contributed by atoms with Crippen LogP contribution < -0.4 is 9.47 Å². The van der Waals surface area contributed by atoms with Gasteiger partial charge in [0.05, 0.1) is 12.0 Å². The molecule has 0 amide bonds. The summed E-state index contributed by atoms with van der Waals surface area (Å²) in [4.78, 5) is 0. The van der Waals surface area contributed by atoms with E-state index in [4.69, 9.17) is 13.9 Å². The van der Waals surface area contributed by atoms with Gasteiger partial charge in [-0.15, -0.1) is 0 Å². The fraction of sp³-hybridized carbons (Fsp3) is 0.333. The van der Waals surface area contributed by atoms with Gasteiger partial charge in [0.25, 0.3) is 0 Å². The number of alkyl halides is 1. The summed E-state index contributed by atoms with van der Waals surface area (Å²) >= 11 is 0. The maximum Gasteiger partial charge on any atom is 0.176 e. The predicted octanol–water partition coefficient (Wildman–Crippen LogP) is 6.95. The molecule has 0 spiro atoms. The van der Waals surface area contributed by atoms with Crippen molar-refractivity contribution in [3.05, 3.63) is 71.7 Å². The first-order valence-corrected chi connectivity index (χ1v) is 9.35. The Bertz CT molecular complexity index is 914. The Labute approximate surface area is 172 Å². The molecule has 0 atom stereocenters. The predicted molar refractivity (Wildman–Crippen MR) is 117 cm³/mol. The molecule has 3 rings (SSSR count). The van der Waals surface area contributed by atoms with Crippen LogP contribution in [0.4, 0.5) is 4.39 Å². The summed E-state index contributed by atoms with van der Waals surface area (Å²) in [5, 5.41) is 10.3. The van der Waals surface area contributed by atoms with E-state index >= 15 is 0 Å². The lowest BCUT2D eigenvalue weighted by Crippen LogP contribution is -2.00. The number of aryl methyl sites for hydroxylation is 1. The lowest BCUT2D eigenvalue weighted by atomic mass is 10.1. The second-order valence-corrected chi connectivity index (χ2v) is 6.08. The molecule has 3 aromatic rings. The highest BCUT2D eigenvalue weighted by molar-refractivity contribution is 5.87. The van der Waals surface area contributed by atoms with Gasteiger partial charge in [-0.1, -0.05) is 46.1 Å². The molecule has 0 aliphatic rings. The molecule has 0 radical (unpaired) electrons. The van der Waals surface area contributed by atoms with Crippen LogP contribution in [0, 0.1) is 6.92 Å². The molecule has 0 fully saturated rings. The Balaban J connectivity index is 0.00000136. The summed E-state index contributed by atoms with van der Waals surface area (Å²) in [7, 11) is 0. The molecular formula is C24H31FO4. The summed E-state index contributed by atoms with van der Waals surface area (Å²) in [6, 6.07) is 11.3. The van der Waals surface area contributed by atoms with E-state index in [1.165, 1.54) is 0 Å². The number of fused-ring (bicyclic) bond motifs is 1. The lowest BCUT2D eigenvalue weighted by Gasteiger charge is -2.11. The highest BCUT2D eigenvalue weighted by Gasteiger charge is 2.14. The van der Waals surface area contributed by atoms with Gasteiger partial charge in [0.1, 0.15) is 25.6 Å². The number of rotatable bonds is 8. The van der Waals surface area contributed by atoms with Crippen LogP contribution in [0.5, 0.6) is 11.5 Å². The molecule has 1 aromatic heterocycles. The van der Waals surface area contributed by atoms with Gasteiger partial charge in [0, 0.05) is 22.9 Å². The Kier molecular flexibility index (Phi) is 9.80. The maximum absolute atomic E-state index is 12.4. The van der Waals surface area contributed by atoms with Crippen LogP contribution in [-0.2, 0) is 13.0 Å². The normalized spacial score (nSPS) is 9.93. The first-order chi connectivity index (χ1) is 13.6. The number of para-hydroxylation sites is 1. The zero-order valence-electron chi connectivity index (χ0n) is 16.6. The molecular weight excluding hydrogens is 371 g/mol. The topological polar surface area (TPSA) is 51.8 Å². The second-order valence-electron chi connectivity index (χ2n) is 6.08. The van der Waals surface area contributed by atoms with E-state index in [0.717, 1.165) is 22.1 Å². The maximum atomic E-state index is 12.4. The zero-order chi connectivity index (χ0) is 20.5. The van der Waals surface area contributed by atoms with Gasteiger partial charge < -0.3 is 19.0 Å². The number of furan rings is 1. The van der Waals surface area contributed by atoms with Crippen LogP contribution in [0.2, 0.25) is 0 Å². The van der Waals surface area contributed by atoms with Crippen molar-refractivity contribution in [2.24, 2.45) is 0 Å². The number of ether oxygens (including phenoxy) is 2. The molecule has 158 valence electrons. The van der Waals surface area contributed by atoms with Crippen LogP contribution in [0.25, 0.3) is 11.0 Å². The number of halogens is 1. The number of allylic oxidation sites excluding steroid dienone is 1. The van der Waals surface area contributed by atoms with E-state index in [2.05, 4.69) is 6.58 Å². The van der Waals surface area contributed by atoms with Gasteiger partial charge in [0.15, 0.2) is 11.3 Å². The van der Waals surface area contributed by atoms with E-state index in [9.17, 15) is 9.50 Å². The molecule has 4 nitrogen and oxygen atoms in total. The number of hydrogen-bond acceptors (Lipinski definition) is 4. The molecule has 1 heterocycles. The van der Waals surface area contributed by atoms with Crippen LogP contribution >= 0.6 is 0 Å². The fourth-order valence-electron chi connectivity index (χ4n) is 2.83. The van der Waals surface area contributed by atoms with Crippen molar-refractivity contribution >= 4 is 11.0 Å². The van der Waals surface area contributed by atoms with Crippen molar-refractivity contribution in [2.45, 2.75) is 41.2 Å². The molecule has 0 unspecified atom stereocenters. The summed E-state index contributed by atoms with van der Waals surface area (Å²) < 4.78 is 29.4. The van der Waals surface area contributed by atoms with Crippen LogP contribution in [0.15, 0.2) is 59.4 Å². The summed E-state index contributed by atoms with van der Waals surface area (Å²) in [5.74, 6) is 1.29. The molecule has 0 saturated carbocycles. The number of hydrogen-bond donors (Lipinski definition) is 1. The number of aliphatic hydroxyl groups is 1. The van der Waals surface area contributed by atoms with Crippen LogP contribution in [-0.4, -0.2) is 18.4 Å². The van der Waals surface area contributed by atoms with E-state index in [1.807, 2.05) is 57.2 Å². The molecule has 5 heteroatoms. The van der Waals surface area contributed by atoms with Gasteiger partial charge >= 0.3 is 0 Å². The van der Waals surface area contributed by atoms with E-state index in [-0.39, 0.29) is 19.8 Å². The third kappa shape index (κ3) is 6.28. The van der Waals surface area contributed by atoms with Crippen molar-refractivity contribution in [1.29, 1.82) is 0 Å². The largest absolute Gasteiger partial charge is 0.513 e. The minimum atomic E-state index is -0.557. The van der Waals surface area contributed by atoms with E-state index in [1.54, 1.807) is 6.26 Å². The van der Waals surface area contributed by atoms with Gasteiger partial charge in [-0.3, -0.25) is 0 Å². The van der Waals surface area contributed by atoms with Crippen molar-refractivity contribution in [3.63, 3.8) is 0 Å². The van der Waals surface area contributed by atoms with Crippen LogP contribution in [0.1, 0.15) is 38.0 Å². The average molecular weight is 403 g/mol. The Morgan fingerprint density at radius 1 is 1.10 bits per heavy atom. The SMILES string of the molecule is C.C=C(O)Cc1ccccc1OCc1coc2c(OCCF)cc(C)cc12.CC. The standard InChI is InChI=1S/C21H21FO4.C2H6.CH4/c1-14-9-18-17(13-26-21(18)20(10-14)24-8-7-22)12-25-19-6-4-3-5-16(19)11-15(2)23;1-2;/h3-6,9-10,13,23H,2,7-8,11-12H2,1H3;1-2H3;1H4. The average Bonchev–Trinajstić information content (AvgIpc) is 3.09. The highest BCUT2D eigenvalue weighted by atomic mass is 19.1. The van der Waals surface area contributed by atoms with Crippen molar-refractivity contribution in [3.8, 4) is 11.5 Å². The van der Waals surface area contributed by atoms with Gasteiger partial charge in [-0.25, -0.2) is 4.39 Å². The van der Waals surface area contributed by atoms with Crippen molar-refractivity contribution in [1.82, 2.24) is 0 Å². The summed E-state index contributed by atoms with van der Waals surface area (Å²) in [6.45, 7) is 9.21. The third-order valence-electron chi connectivity index (χ3n) is 3.95. The first kappa shape index (κ1) is 24.1. The highest BCUT2D eigenvalue weighted by Crippen LogP contribution is 2.32. The molecule has 0 aliphatic carbocycles. The molecule has 0 aliphatic heterocycles.